The topological polar surface area (TPSA) is 51.1 Å². The summed E-state index contributed by atoms with van der Waals surface area (Å²) in [5, 5.41) is 3.76. The second-order valence-electron chi connectivity index (χ2n) is 5.85. The van der Waals surface area contributed by atoms with Crippen LogP contribution in [0.1, 0.15) is 56.4 Å². The van der Waals surface area contributed by atoms with Crippen LogP contribution in [0.4, 0.5) is 0 Å². The first-order valence-corrected chi connectivity index (χ1v) is 7.98. The van der Waals surface area contributed by atoms with E-state index in [0.29, 0.717) is 6.54 Å². The summed E-state index contributed by atoms with van der Waals surface area (Å²) in [5.74, 6) is -0.277. The highest BCUT2D eigenvalue weighted by Crippen LogP contribution is 2.17. The Morgan fingerprint density at radius 3 is 2.64 bits per heavy atom. The molecule has 0 radical (unpaired) electrons. The number of hydrogen-bond acceptors (Lipinski definition) is 2. The molecule has 1 aromatic carbocycles. The second kappa shape index (κ2) is 7.25. The molecule has 1 amide bonds. The van der Waals surface area contributed by atoms with Gasteiger partial charge >= 0.3 is 0 Å². The summed E-state index contributed by atoms with van der Waals surface area (Å²) < 4.78 is 1.69. The van der Waals surface area contributed by atoms with Gasteiger partial charge in [-0.15, -0.1) is 0 Å². The minimum absolute atomic E-state index is 0.00485. The lowest BCUT2D eigenvalue weighted by Gasteiger charge is -2.16. The smallest absolute Gasteiger partial charge is 0.264 e. The number of hydrogen-bond donors (Lipinski definition) is 1. The second-order valence-corrected chi connectivity index (χ2v) is 5.85. The molecular formula is C18H24N2O2. The van der Waals surface area contributed by atoms with E-state index in [1.807, 2.05) is 38.1 Å². The molecule has 0 saturated heterocycles. The Morgan fingerprint density at radius 1 is 1.23 bits per heavy atom. The number of amides is 1. The van der Waals surface area contributed by atoms with Crippen LogP contribution in [0.3, 0.4) is 0 Å². The first kappa shape index (κ1) is 16.3. The van der Waals surface area contributed by atoms with Gasteiger partial charge in [-0.2, -0.15) is 0 Å². The maximum Gasteiger partial charge on any atom is 0.264 e. The van der Waals surface area contributed by atoms with Crippen LogP contribution in [0.2, 0.25) is 0 Å². The molecule has 0 spiro atoms. The Bertz CT molecular complexity index is 717. The van der Waals surface area contributed by atoms with Crippen LogP contribution in [0.15, 0.2) is 35.1 Å². The Labute approximate surface area is 131 Å². The molecular weight excluding hydrogens is 276 g/mol. The van der Waals surface area contributed by atoms with Gasteiger partial charge in [-0.05, 0) is 37.8 Å². The number of rotatable bonds is 6. The number of nitrogens with one attached hydrogen (secondary N) is 1. The lowest BCUT2D eigenvalue weighted by Crippen LogP contribution is -2.34. The van der Waals surface area contributed by atoms with Crippen molar-refractivity contribution < 1.29 is 4.79 Å². The number of nitrogens with zero attached hydrogens (tertiary/aromatic N) is 1. The number of benzene rings is 1. The van der Waals surface area contributed by atoms with E-state index in [9.17, 15) is 9.59 Å². The molecule has 22 heavy (non-hydrogen) atoms. The molecule has 0 aliphatic rings. The molecule has 4 heteroatoms. The molecule has 0 saturated carbocycles. The van der Waals surface area contributed by atoms with E-state index in [1.165, 1.54) is 0 Å². The monoisotopic (exact) mass is 300 g/mol. The normalized spacial score (nSPS) is 11.1. The highest BCUT2D eigenvalue weighted by atomic mass is 16.2. The molecule has 0 unspecified atom stereocenters. The summed E-state index contributed by atoms with van der Waals surface area (Å²) in [6.07, 6.45) is 3.12. The van der Waals surface area contributed by atoms with E-state index < -0.39 is 0 Å². The van der Waals surface area contributed by atoms with Crippen molar-refractivity contribution in [3.8, 4) is 0 Å². The SMILES string of the molecule is CCCCCNC(=O)c1cc2ccccc2n(C(C)C)c1=O. The summed E-state index contributed by atoms with van der Waals surface area (Å²) in [4.78, 5) is 25.0. The first-order chi connectivity index (χ1) is 10.6. The number of fused-ring (bicyclic) bond motifs is 1. The zero-order chi connectivity index (χ0) is 16.1. The molecule has 1 N–H and O–H groups in total. The van der Waals surface area contributed by atoms with E-state index >= 15 is 0 Å². The van der Waals surface area contributed by atoms with Gasteiger partial charge in [-0.1, -0.05) is 38.0 Å². The van der Waals surface area contributed by atoms with Crippen LogP contribution in [-0.4, -0.2) is 17.0 Å². The minimum Gasteiger partial charge on any atom is -0.352 e. The predicted octanol–water partition coefficient (Wildman–Crippen LogP) is 3.50. The molecule has 2 rings (SSSR count). The van der Waals surface area contributed by atoms with E-state index in [2.05, 4.69) is 12.2 Å². The highest BCUT2D eigenvalue weighted by molar-refractivity contribution is 5.97. The number of carbonyl (C=O) groups excluding carboxylic acids is 1. The molecule has 2 aromatic rings. The maximum absolute atomic E-state index is 12.7. The van der Waals surface area contributed by atoms with Crippen LogP contribution in [0.5, 0.6) is 0 Å². The fourth-order valence-electron chi connectivity index (χ4n) is 2.63. The number of para-hydroxylation sites is 1. The number of unbranched alkanes of at least 4 members (excludes halogenated alkanes) is 2. The van der Waals surface area contributed by atoms with Gasteiger partial charge in [-0.25, -0.2) is 0 Å². The lowest BCUT2D eigenvalue weighted by atomic mass is 10.1. The quantitative estimate of drug-likeness (QED) is 0.830. The van der Waals surface area contributed by atoms with E-state index in [0.717, 1.165) is 30.2 Å². The summed E-state index contributed by atoms with van der Waals surface area (Å²) >= 11 is 0. The van der Waals surface area contributed by atoms with E-state index in [1.54, 1.807) is 10.6 Å². The minimum atomic E-state index is -0.277. The molecule has 1 aromatic heterocycles. The standard InChI is InChI=1S/C18H24N2O2/c1-4-5-8-11-19-17(21)15-12-14-9-6-7-10-16(14)20(13(2)3)18(15)22/h6-7,9-10,12-13H,4-5,8,11H2,1-3H3,(H,19,21). The van der Waals surface area contributed by atoms with Crippen molar-refractivity contribution in [3.05, 3.63) is 46.2 Å². The van der Waals surface area contributed by atoms with Crippen molar-refractivity contribution in [2.45, 2.75) is 46.1 Å². The Kier molecular flexibility index (Phi) is 5.36. The fraction of sp³-hybridized carbons (Fsp3) is 0.444. The molecule has 118 valence electrons. The fourth-order valence-corrected chi connectivity index (χ4v) is 2.63. The van der Waals surface area contributed by atoms with Gasteiger partial charge in [0.2, 0.25) is 0 Å². The van der Waals surface area contributed by atoms with Crippen LogP contribution < -0.4 is 10.9 Å². The van der Waals surface area contributed by atoms with Gasteiger partial charge in [0, 0.05) is 12.6 Å². The van der Waals surface area contributed by atoms with Crippen LogP contribution in [0, 0.1) is 0 Å². The molecule has 1 heterocycles. The van der Waals surface area contributed by atoms with Gasteiger partial charge in [0.15, 0.2) is 0 Å². The van der Waals surface area contributed by atoms with E-state index in [-0.39, 0.29) is 23.1 Å². The average molecular weight is 300 g/mol. The van der Waals surface area contributed by atoms with Crippen molar-refractivity contribution in [1.29, 1.82) is 0 Å². The Hall–Kier alpha value is -2.10. The maximum atomic E-state index is 12.7. The third kappa shape index (κ3) is 3.38. The zero-order valence-electron chi connectivity index (χ0n) is 13.6. The molecule has 0 fully saturated rings. The van der Waals surface area contributed by atoms with Crippen LogP contribution >= 0.6 is 0 Å². The molecule has 0 aliphatic heterocycles. The van der Waals surface area contributed by atoms with Crippen molar-refractivity contribution in [3.63, 3.8) is 0 Å². The summed E-state index contributed by atoms with van der Waals surface area (Å²) in [6, 6.07) is 9.38. The zero-order valence-corrected chi connectivity index (χ0v) is 13.6. The van der Waals surface area contributed by atoms with Gasteiger partial charge in [0.05, 0.1) is 5.52 Å². The average Bonchev–Trinajstić information content (AvgIpc) is 2.50. The van der Waals surface area contributed by atoms with Gasteiger partial charge in [0.25, 0.3) is 11.5 Å². The van der Waals surface area contributed by atoms with Gasteiger partial charge in [-0.3, -0.25) is 9.59 Å². The largest absolute Gasteiger partial charge is 0.352 e. The Balaban J connectivity index is 2.40. The van der Waals surface area contributed by atoms with Crippen LogP contribution in [-0.2, 0) is 0 Å². The number of pyridine rings is 1. The van der Waals surface area contributed by atoms with Gasteiger partial charge < -0.3 is 9.88 Å². The van der Waals surface area contributed by atoms with E-state index in [4.69, 9.17) is 0 Å². The molecule has 4 nitrogen and oxygen atoms in total. The third-order valence-electron chi connectivity index (χ3n) is 3.77. The summed E-state index contributed by atoms with van der Waals surface area (Å²) in [7, 11) is 0. The van der Waals surface area contributed by atoms with Crippen molar-refractivity contribution >= 4 is 16.8 Å². The highest BCUT2D eigenvalue weighted by Gasteiger charge is 2.16. The summed E-state index contributed by atoms with van der Waals surface area (Å²) in [5.41, 5.74) is 0.871. The predicted molar refractivity (Wildman–Crippen MR) is 90.5 cm³/mol. The molecule has 0 aliphatic carbocycles. The third-order valence-corrected chi connectivity index (χ3v) is 3.77. The Morgan fingerprint density at radius 2 is 1.95 bits per heavy atom. The van der Waals surface area contributed by atoms with Crippen molar-refractivity contribution in [2.24, 2.45) is 0 Å². The van der Waals surface area contributed by atoms with Gasteiger partial charge in [0.1, 0.15) is 5.56 Å². The lowest BCUT2D eigenvalue weighted by molar-refractivity contribution is 0.0951. The molecule has 0 atom stereocenters. The van der Waals surface area contributed by atoms with Crippen LogP contribution in [0.25, 0.3) is 10.9 Å². The molecule has 0 bridgehead atoms. The summed E-state index contributed by atoms with van der Waals surface area (Å²) in [6.45, 7) is 6.64. The number of carbonyl (C=O) groups is 1. The first-order valence-electron chi connectivity index (χ1n) is 7.98. The van der Waals surface area contributed by atoms with Crippen molar-refractivity contribution in [2.75, 3.05) is 6.54 Å². The van der Waals surface area contributed by atoms with Crippen molar-refractivity contribution in [1.82, 2.24) is 9.88 Å². The number of aromatic nitrogens is 1.